The van der Waals surface area contributed by atoms with Gasteiger partial charge in [0.15, 0.2) is 5.82 Å². The van der Waals surface area contributed by atoms with Gasteiger partial charge in [0.2, 0.25) is 5.95 Å². The summed E-state index contributed by atoms with van der Waals surface area (Å²) in [5, 5.41) is 4.84. The summed E-state index contributed by atoms with van der Waals surface area (Å²) in [5.41, 5.74) is 1.05. The highest BCUT2D eigenvalue weighted by atomic mass is 35.5. The molecular formula is C16H18ClN7. The molecule has 1 fully saturated rings. The zero-order valence-electron chi connectivity index (χ0n) is 13.4. The van der Waals surface area contributed by atoms with Crippen LogP contribution < -0.4 is 9.80 Å². The highest BCUT2D eigenvalue weighted by Gasteiger charge is 2.25. The average molecular weight is 344 g/mol. The van der Waals surface area contributed by atoms with Crippen LogP contribution >= 0.6 is 11.6 Å². The van der Waals surface area contributed by atoms with Gasteiger partial charge in [0, 0.05) is 38.6 Å². The second-order valence-electron chi connectivity index (χ2n) is 5.94. The lowest BCUT2D eigenvalue weighted by Gasteiger charge is -2.37. The number of anilines is 2. The van der Waals surface area contributed by atoms with Crippen molar-refractivity contribution in [2.75, 3.05) is 29.9 Å². The van der Waals surface area contributed by atoms with Crippen LogP contribution in [0.3, 0.4) is 0 Å². The Hall–Kier alpha value is -2.41. The van der Waals surface area contributed by atoms with Crippen molar-refractivity contribution in [3.63, 3.8) is 0 Å². The number of halogens is 1. The van der Waals surface area contributed by atoms with Gasteiger partial charge in [-0.25, -0.2) is 19.5 Å². The summed E-state index contributed by atoms with van der Waals surface area (Å²) in [5.74, 6) is 1.72. The molecule has 7 nitrogen and oxygen atoms in total. The fourth-order valence-electron chi connectivity index (χ4n) is 3.20. The molecule has 1 aliphatic rings. The van der Waals surface area contributed by atoms with E-state index in [1.54, 1.807) is 24.8 Å². The molecule has 0 aliphatic carbocycles. The predicted molar refractivity (Wildman–Crippen MR) is 93.7 cm³/mol. The van der Waals surface area contributed by atoms with Crippen LogP contribution in [-0.2, 0) is 0 Å². The first-order valence-electron chi connectivity index (χ1n) is 7.96. The molecule has 0 unspecified atom stereocenters. The van der Waals surface area contributed by atoms with Crippen LogP contribution in [0, 0.1) is 0 Å². The first kappa shape index (κ1) is 15.1. The number of piperidine rings is 1. The SMILES string of the molecule is CN(c1ncc(Cl)cn1)C1CCN(c2nccn3nccc23)CC1. The third-order valence-corrected chi connectivity index (χ3v) is 4.73. The molecule has 8 heteroatoms. The summed E-state index contributed by atoms with van der Waals surface area (Å²) >= 11 is 5.86. The van der Waals surface area contributed by atoms with Crippen LogP contribution in [-0.4, -0.2) is 50.7 Å². The van der Waals surface area contributed by atoms with Crippen LogP contribution in [0.5, 0.6) is 0 Å². The summed E-state index contributed by atoms with van der Waals surface area (Å²) in [6.07, 6.45) is 10.8. The van der Waals surface area contributed by atoms with E-state index in [4.69, 9.17) is 11.6 Å². The first-order chi connectivity index (χ1) is 11.7. The number of hydrogen-bond acceptors (Lipinski definition) is 6. The van der Waals surface area contributed by atoms with Gasteiger partial charge in [-0.3, -0.25) is 0 Å². The molecule has 24 heavy (non-hydrogen) atoms. The van der Waals surface area contributed by atoms with Gasteiger partial charge in [0.25, 0.3) is 0 Å². The summed E-state index contributed by atoms with van der Waals surface area (Å²) < 4.78 is 1.86. The lowest BCUT2D eigenvalue weighted by atomic mass is 10.0. The van der Waals surface area contributed by atoms with Gasteiger partial charge < -0.3 is 9.80 Å². The zero-order valence-corrected chi connectivity index (χ0v) is 14.1. The third-order valence-electron chi connectivity index (χ3n) is 4.54. The molecule has 1 saturated heterocycles. The molecule has 4 rings (SSSR count). The van der Waals surface area contributed by atoms with E-state index in [-0.39, 0.29) is 0 Å². The van der Waals surface area contributed by atoms with Gasteiger partial charge >= 0.3 is 0 Å². The number of fused-ring (bicyclic) bond motifs is 1. The van der Waals surface area contributed by atoms with Crippen molar-refractivity contribution in [2.45, 2.75) is 18.9 Å². The van der Waals surface area contributed by atoms with Crippen molar-refractivity contribution in [1.29, 1.82) is 0 Å². The van der Waals surface area contributed by atoms with Crippen LogP contribution in [0.4, 0.5) is 11.8 Å². The van der Waals surface area contributed by atoms with E-state index in [2.05, 4.69) is 29.9 Å². The Morgan fingerprint density at radius 3 is 2.62 bits per heavy atom. The Labute approximate surface area is 144 Å². The Morgan fingerprint density at radius 2 is 1.88 bits per heavy atom. The topological polar surface area (TPSA) is 62.5 Å². The van der Waals surface area contributed by atoms with Crippen molar-refractivity contribution in [3.05, 3.63) is 42.1 Å². The summed E-state index contributed by atoms with van der Waals surface area (Å²) in [4.78, 5) is 17.6. The monoisotopic (exact) mass is 343 g/mol. The molecule has 0 atom stereocenters. The largest absolute Gasteiger partial charge is 0.355 e. The van der Waals surface area contributed by atoms with Gasteiger partial charge in [0.1, 0.15) is 5.52 Å². The van der Waals surface area contributed by atoms with Gasteiger partial charge in [-0.05, 0) is 18.9 Å². The molecule has 4 heterocycles. The highest BCUT2D eigenvalue weighted by molar-refractivity contribution is 6.30. The zero-order chi connectivity index (χ0) is 16.5. The van der Waals surface area contributed by atoms with Gasteiger partial charge in [0.05, 0.1) is 23.6 Å². The minimum Gasteiger partial charge on any atom is -0.355 e. The smallest absolute Gasteiger partial charge is 0.225 e. The minimum absolute atomic E-state index is 0.409. The number of rotatable bonds is 3. The van der Waals surface area contributed by atoms with Crippen molar-refractivity contribution in [1.82, 2.24) is 24.6 Å². The van der Waals surface area contributed by atoms with E-state index >= 15 is 0 Å². The Morgan fingerprint density at radius 1 is 1.12 bits per heavy atom. The van der Waals surface area contributed by atoms with Gasteiger partial charge in [-0.1, -0.05) is 11.6 Å². The standard InChI is InChI=1S/C16H18ClN7/c1-22(16-19-10-12(17)11-20-16)13-3-7-23(8-4-13)15-14-2-5-21-24(14)9-6-18-15/h2,5-6,9-11,13H,3-4,7-8H2,1H3. The summed E-state index contributed by atoms with van der Waals surface area (Å²) in [6, 6.07) is 2.41. The molecule has 0 bridgehead atoms. The normalized spacial score (nSPS) is 15.8. The Bertz CT molecular complexity index is 824. The second-order valence-corrected chi connectivity index (χ2v) is 6.38. The van der Waals surface area contributed by atoms with E-state index < -0.39 is 0 Å². The lowest BCUT2D eigenvalue weighted by molar-refractivity contribution is 0.475. The van der Waals surface area contributed by atoms with Crippen molar-refractivity contribution in [2.24, 2.45) is 0 Å². The molecule has 3 aromatic rings. The van der Waals surface area contributed by atoms with E-state index in [1.165, 1.54) is 0 Å². The maximum absolute atomic E-state index is 5.86. The van der Waals surface area contributed by atoms with E-state index in [1.807, 2.05) is 23.8 Å². The van der Waals surface area contributed by atoms with Crippen molar-refractivity contribution >= 4 is 28.9 Å². The van der Waals surface area contributed by atoms with Crippen LogP contribution in [0.15, 0.2) is 37.1 Å². The van der Waals surface area contributed by atoms with E-state index in [0.29, 0.717) is 17.0 Å². The number of nitrogens with zero attached hydrogens (tertiary/aromatic N) is 7. The lowest BCUT2D eigenvalue weighted by Crippen LogP contribution is -2.44. The molecule has 0 spiro atoms. The number of aromatic nitrogens is 5. The molecular weight excluding hydrogens is 326 g/mol. The molecule has 0 radical (unpaired) electrons. The van der Waals surface area contributed by atoms with Crippen molar-refractivity contribution < 1.29 is 0 Å². The molecule has 124 valence electrons. The predicted octanol–water partition coefficient (Wildman–Crippen LogP) is 2.28. The molecule has 3 aromatic heterocycles. The van der Waals surface area contributed by atoms with Crippen LogP contribution in [0.1, 0.15) is 12.8 Å². The minimum atomic E-state index is 0.409. The second kappa shape index (κ2) is 6.24. The maximum atomic E-state index is 5.86. The molecule has 0 amide bonds. The quantitative estimate of drug-likeness (QED) is 0.727. The van der Waals surface area contributed by atoms with Crippen LogP contribution in [0.2, 0.25) is 5.02 Å². The third kappa shape index (κ3) is 2.75. The van der Waals surface area contributed by atoms with E-state index in [0.717, 1.165) is 37.3 Å². The average Bonchev–Trinajstić information content (AvgIpc) is 3.11. The summed E-state index contributed by atoms with van der Waals surface area (Å²) in [7, 11) is 2.04. The van der Waals surface area contributed by atoms with E-state index in [9.17, 15) is 0 Å². The Balaban J connectivity index is 1.47. The Kier molecular flexibility index (Phi) is 3.93. The molecule has 0 saturated carbocycles. The molecule has 0 N–H and O–H groups in total. The van der Waals surface area contributed by atoms with Crippen LogP contribution in [0.25, 0.3) is 5.52 Å². The molecule has 0 aromatic carbocycles. The fraction of sp³-hybridized carbons (Fsp3) is 0.375. The summed E-state index contributed by atoms with van der Waals surface area (Å²) in [6.45, 7) is 1.89. The van der Waals surface area contributed by atoms with Crippen molar-refractivity contribution in [3.8, 4) is 0 Å². The first-order valence-corrected chi connectivity index (χ1v) is 8.34. The molecule has 1 aliphatic heterocycles. The van der Waals surface area contributed by atoms with Gasteiger partial charge in [-0.15, -0.1) is 0 Å². The highest BCUT2D eigenvalue weighted by Crippen LogP contribution is 2.25. The van der Waals surface area contributed by atoms with Gasteiger partial charge in [-0.2, -0.15) is 5.10 Å². The number of hydrogen-bond donors (Lipinski definition) is 0. The fourth-order valence-corrected chi connectivity index (χ4v) is 3.30. The maximum Gasteiger partial charge on any atom is 0.225 e.